The van der Waals surface area contributed by atoms with Crippen LogP contribution in [0.1, 0.15) is 11.1 Å². The average molecular weight is 277 g/mol. The zero-order chi connectivity index (χ0) is 14.5. The third-order valence-corrected chi connectivity index (χ3v) is 3.65. The molecule has 0 radical (unpaired) electrons. The van der Waals surface area contributed by atoms with Crippen molar-refractivity contribution >= 4 is 10.8 Å². The number of para-hydroxylation sites is 1. The molecule has 0 aliphatic carbocycles. The van der Waals surface area contributed by atoms with Crippen molar-refractivity contribution in [2.45, 2.75) is 13.0 Å². The van der Waals surface area contributed by atoms with E-state index in [2.05, 4.69) is 48.5 Å². The second-order valence-electron chi connectivity index (χ2n) is 5.07. The summed E-state index contributed by atoms with van der Waals surface area (Å²) < 4.78 is 6.03. The van der Waals surface area contributed by atoms with Gasteiger partial charge in [0, 0.05) is 0 Å². The van der Waals surface area contributed by atoms with Crippen LogP contribution in [0.3, 0.4) is 0 Å². The van der Waals surface area contributed by atoms with Crippen molar-refractivity contribution in [3.8, 4) is 5.75 Å². The van der Waals surface area contributed by atoms with E-state index in [4.69, 9.17) is 10.5 Å². The molecule has 2 nitrogen and oxygen atoms in total. The van der Waals surface area contributed by atoms with Crippen molar-refractivity contribution in [1.29, 1.82) is 0 Å². The second kappa shape index (κ2) is 6.42. The van der Waals surface area contributed by atoms with Gasteiger partial charge in [-0.2, -0.15) is 0 Å². The molecular formula is C19H19NO. The molecule has 3 rings (SSSR count). The fourth-order valence-electron chi connectivity index (χ4n) is 2.58. The Morgan fingerprint density at radius 1 is 0.762 bits per heavy atom. The zero-order valence-electron chi connectivity index (χ0n) is 12.0. The minimum Gasteiger partial charge on any atom is -0.489 e. The van der Waals surface area contributed by atoms with Crippen molar-refractivity contribution < 1.29 is 4.74 Å². The van der Waals surface area contributed by atoms with Gasteiger partial charge >= 0.3 is 0 Å². The molecule has 0 saturated carbocycles. The topological polar surface area (TPSA) is 35.2 Å². The van der Waals surface area contributed by atoms with Gasteiger partial charge in [0.05, 0.1) is 0 Å². The summed E-state index contributed by atoms with van der Waals surface area (Å²) in [6.07, 6.45) is 0.839. The normalized spacial score (nSPS) is 10.7. The van der Waals surface area contributed by atoms with E-state index in [1.807, 2.05) is 18.2 Å². The molecule has 21 heavy (non-hydrogen) atoms. The number of rotatable bonds is 5. The summed E-state index contributed by atoms with van der Waals surface area (Å²) >= 11 is 0. The first-order chi connectivity index (χ1) is 10.4. The minimum absolute atomic E-state index is 0.572. The van der Waals surface area contributed by atoms with Crippen LogP contribution in [-0.2, 0) is 13.0 Å². The Morgan fingerprint density at radius 2 is 1.48 bits per heavy atom. The van der Waals surface area contributed by atoms with Gasteiger partial charge in [-0.15, -0.1) is 0 Å². The molecule has 2 N–H and O–H groups in total. The van der Waals surface area contributed by atoms with Crippen molar-refractivity contribution in [3.63, 3.8) is 0 Å². The van der Waals surface area contributed by atoms with Gasteiger partial charge in [-0.25, -0.2) is 0 Å². The minimum atomic E-state index is 0.572. The lowest BCUT2D eigenvalue weighted by atomic mass is 10.1. The number of hydrogen-bond donors (Lipinski definition) is 1. The van der Waals surface area contributed by atoms with Crippen molar-refractivity contribution in [2.75, 3.05) is 6.54 Å². The smallest absolute Gasteiger partial charge is 0.123 e. The van der Waals surface area contributed by atoms with Crippen LogP contribution < -0.4 is 10.5 Å². The molecule has 0 heterocycles. The van der Waals surface area contributed by atoms with Gasteiger partial charge in [0.1, 0.15) is 12.4 Å². The van der Waals surface area contributed by atoms with E-state index in [0.29, 0.717) is 13.2 Å². The molecule has 106 valence electrons. The summed E-state index contributed by atoms with van der Waals surface area (Å²) in [5, 5.41) is 2.49. The molecule has 0 bridgehead atoms. The molecule has 0 saturated heterocycles. The first-order valence-corrected chi connectivity index (χ1v) is 7.26. The fourth-order valence-corrected chi connectivity index (χ4v) is 2.58. The van der Waals surface area contributed by atoms with Gasteiger partial charge in [-0.3, -0.25) is 0 Å². The maximum Gasteiger partial charge on any atom is 0.123 e. The predicted octanol–water partition coefficient (Wildman–Crippen LogP) is 3.92. The van der Waals surface area contributed by atoms with Crippen LogP contribution in [0.25, 0.3) is 10.8 Å². The Bertz CT molecular complexity index is 731. The lowest BCUT2D eigenvalue weighted by molar-refractivity contribution is 0.304. The maximum atomic E-state index is 6.03. The number of fused-ring (bicyclic) bond motifs is 1. The van der Waals surface area contributed by atoms with E-state index in [1.165, 1.54) is 21.9 Å². The third kappa shape index (κ3) is 3.06. The standard InChI is InChI=1S/C19H19NO/c20-13-12-16-7-2-4-11-19(16)21-14-17-9-5-8-15-6-1-3-10-18(15)17/h1-11H,12-14,20H2. The number of benzene rings is 3. The lowest BCUT2D eigenvalue weighted by Gasteiger charge is -2.12. The molecule has 0 aliphatic rings. The van der Waals surface area contributed by atoms with Crippen molar-refractivity contribution in [1.82, 2.24) is 0 Å². The Hall–Kier alpha value is -2.32. The highest BCUT2D eigenvalue weighted by molar-refractivity contribution is 5.85. The van der Waals surface area contributed by atoms with Gasteiger partial charge < -0.3 is 10.5 Å². The summed E-state index contributed by atoms with van der Waals surface area (Å²) in [7, 11) is 0. The maximum absolute atomic E-state index is 6.03. The monoisotopic (exact) mass is 277 g/mol. The van der Waals surface area contributed by atoms with Gasteiger partial charge in [0.15, 0.2) is 0 Å². The van der Waals surface area contributed by atoms with Crippen LogP contribution in [0.2, 0.25) is 0 Å². The lowest BCUT2D eigenvalue weighted by Crippen LogP contribution is -2.05. The summed E-state index contributed by atoms with van der Waals surface area (Å²) in [4.78, 5) is 0. The van der Waals surface area contributed by atoms with Gasteiger partial charge in [-0.1, -0.05) is 60.7 Å². The zero-order valence-corrected chi connectivity index (χ0v) is 12.0. The van der Waals surface area contributed by atoms with Gasteiger partial charge in [0.25, 0.3) is 0 Å². The number of nitrogens with two attached hydrogens (primary N) is 1. The van der Waals surface area contributed by atoms with Crippen molar-refractivity contribution in [2.24, 2.45) is 5.73 Å². The highest BCUT2D eigenvalue weighted by Crippen LogP contribution is 2.23. The molecule has 0 spiro atoms. The molecule has 3 aromatic rings. The molecule has 0 aromatic heterocycles. The summed E-state index contributed by atoms with van der Waals surface area (Å²) in [5.74, 6) is 0.927. The third-order valence-electron chi connectivity index (χ3n) is 3.65. The summed E-state index contributed by atoms with van der Waals surface area (Å²) in [6.45, 7) is 1.21. The first-order valence-electron chi connectivity index (χ1n) is 7.26. The SMILES string of the molecule is NCCc1ccccc1OCc1cccc2ccccc12. The molecular weight excluding hydrogens is 258 g/mol. The largest absolute Gasteiger partial charge is 0.489 e. The Morgan fingerprint density at radius 3 is 2.38 bits per heavy atom. The van der Waals surface area contributed by atoms with E-state index in [-0.39, 0.29) is 0 Å². The summed E-state index contributed by atoms with van der Waals surface area (Å²) in [5.41, 5.74) is 8.03. The van der Waals surface area contributed by atoms with Crippen LogP contribution in [0.4, 0.5) is 0 Å². The second-order valence-corrected chi connectivity index (χ2v) is 5.07. The van der Waals surface area contributed by atoms with Crippen LogP contribution in [0.15, 0.2) is 66.7 Å². The molecule has 0 atom stereocenters. The van der Waals surface area contributed by atoms with Gasteiger partial charge in [-0.05, 0) is 40.9 Å². The molecule has 0 amide bonds. The van der Waals surface area contributed by atoms with E-state index in [0.717, 1.165) is 12.2 Å². The number of hydrogen-bond acceptors (Lipinski definition) is 2. The molecule has 0 unspecified atom stereocenters. The quantitative estimate of drug-likeness (QED) is 0.767. The van der Waals surface area contributed by atoms with E-state index in [9.17, 15) is 0 Å². The van der Waals surface area contributed by atoms with Crippen LogP contribution in [0, 0.1) is 0 Å². The number of ether oxygens (including phenoxy) is 1. The molecule has 0 fully saturated rings. The van der Waals surface area contributed by atoms with Crippen LogP contribution in [0.5, 0.6) is 5.75 Å². The fraction of sp³-hybridized carbons (Fsp3) is 0.158. The van der Waals surface area contributed by atoms with E-state index >= 15 is 0 Å². The Balaban J connectivity index is 1.84. The molecule has 0 aliphatic heterocycles. The van der Waals surface area contributed by atoms with Crippen LogP contribution >= 0.6 is 0 Å². The first kappa shape index (κ1) is 13.7. The van der Waals surface area contributed by atoms with E-state index in [1.54, 1.807) is 0 Å². The van der Waals surface area contributed by atoms with Crippen LogP contribution in [-0.4, -0.2) is 6.54 Å². The Kier molecular flexibility index (Phi) is 4.17. The highest BCUT2D eigenvalue weighted by Gasteiger charge is 2.04. The van der Waals surface area contributed by atoms with Crippen molar-refractivity contribution in [3.05, 3.63) is 77.9 Å². The van der Waals surface area contributed by atoms with E-state index < -0.39 is 0 Å². The highest BCUT2D eigenvalue weighted by atomic mass is 16.5. The van der Waals surface area contributed by atoms with Gasteiger partial charge in [0.2, 0.25) is 0 Å². The Labute approximate surface area is 125 Å². The molecule has 3 aromatic carbocycles. The summed E-state index contributed by atoms with van der Waals surface area (Å²) in [6, 6.07) is 22.8. The average Bonchev–Trinajstić information content (AvgIpc) is 2.54. The predicted molar refractivity (Wildman–Crippen MR) is 87.5 cm³/mol. The molecule has 2 heteroatoms.